The van der Waals surface area contributed by atoms with Crippen molar-refractivity contribution in [1.82, 2.24) is 19.3 Å². The summed E-state index contributed by atoms with van der Waals surface area (Å²) in [5.41, 5.74) is 3.15. The van der Waals surface area contributed by atoms with Gasteiger partial charge in [-0.1, -0.05) is 35.5 Å². The van der Waals surface area contributed by atoms with E-state index in [2.05, 4.69) is 15.4 Å². The van der Waals surface area contributed by atoms with Crippen LogP contribution in [0.1, 0.15) is 23.6 Å². The van der Waals surface area contributed by atoms with Crippen LogP contribution in [0.2, 0.25) is 0 Å². The molecule has 172 valence electrons. The number of nitrogens with one attached hydrogen (secondary N) is 1. The third-order valence-corrected chi connectivity index (χ3v) is 6.87. The van der Waals surface area contributed by atoms with E-state index < -0.39 is 4.92 Å². The molecule has 1 aliphatic heterocycles. The van der Waals surface area contributed by atoms with E-state index in [9.17, 15) is 19.7 Å². The van der Waals surface area contributed by atoms with Crippen LogP contribution in [0, 0.1) is 24.0 Å². The van der Waals surface area contributed by atoms with Crippen molar-refractivity contribution >= 4 is 40.1 Å². The summed E-state index contributed by atoms with van der Waals surface area (Å²) in [5.74, 6) is 0.193. The number of hydrogen-bond acceptors (Lipinski definition) is 7. The molecule has 34 heavy (non-hydrogen) atoms. The number of aryl methyl sites for hydroxylation is 2. The Morgan fingerprint density at radius 3 is 2.74 bits per heavy atom. The van der Waals surface area contributed by atoms with Gasteiger partial charge >= 0.3 is 0 Å². The van der Waals surface area contributed by atoms with Crippen molar-refractivity contribution in [2.24, 2.45) is 0 Å². The molecule has 4 aromatic rings. The molecule has 10 nitrogen and oxygen atoms in total. The van der Waals surface area contributed by atoms with Crippen molar-refractivity contribution in [1.29, 1.82) is 0 Å². The average Bonchev–Trinajstić information content (AvgIpc) is 3.41. The normalized spacial score (nSPS) is 14.8. The molecule has 0 bridgehead atoms. The van der Waals surface area contributed by atoms with Crippen LogP contribution in [0.3, 0.4) is 0 Å². The Bertz CT molecular complexity index is 1510. The molecule has 1 atom stereocenters. The Morgan fingerprint density at radius 1 is 1.24 bits per heavy atom. The van der Waals surface area contributed by atoms with Gasteiger partial charge in [0.15, 0.2) is 10.8 Å². The van der Waals surface area contributed by atoms with Gasteiger partial charge in [-0.15, -0.1) is 0 Å². The van der Waals surface area contributed by atoms with Crippen molar-refractivity contribution in [3.05, 3.63) is 80.3 Å². The number of carbonyl (C=O) groups is 1. The van der Waals surface area contributed by atoms with E-state index in [0.717, 1.165) is 11.3 Å². The summed E-state index contributed by atoms with van der Waals surface area (Å²) in [5, 5.41) is 19.1. The zero-order chi connectivity index (χ0) is 24.0. The number of nitro groups is 1. The minimum atomic E-state index is -0.508. The number of hydrogen-bond donors (Lipinski definition) is 1. The molecule has 2 aromatic carbocycles. The van der Waals surface area contributed by atoms with E-state index >= 15 is 0 Å². The van der Waals surface area contributed by atoms with E-state index in [1.165, 1.54) is 30.1 Å². The molecule has 0 saturated heterocycles. The van der Waals surface area contributed by atoms with Crippen molar-refractivity contribution in [3.63, 3.8) is 0 Å². The zero-order valence-electron chi connectivity index (χ0n) is 18.4. The van der Waals surface area contributed by atoms with Crippen LogP contribution in [0.4, 0.5) is 11.4 Å². The molecule has 0 aliphatic carbocycles. The summed E-state index contributed by atoms with van der Waals surface area (Å²) in [6, 6.07) is 11.7. The van der Waals surface area contributed by atoms with Gasteiger partial charge in [-0.3, -0.25) is 24.3 Å². The van der Waals surface area contributed by atoms with Gasteiger partial charge in [0, 0.05) is 24.3 Å². The monoisotopic (exact) mass is 476 g/mol. The summed E-state index contributed by atoms with van der Waals surface area (Å²) in [4.78, 5) is 41.3. The predicted octanol–water partition coefficient (Wildman–Crippen LogP) is 3.78. The van der Waals surface area contributed by atoms with Gasteiger partial charge in [-0.25, -0.2) is 9.67 Å². The summed E-state index contributed by atoms with van der Waals surface area (Å²) in [7, 11) is 0. The maximum Gasteiger partial charge on any atom is 0.271 e. The number of nitrogens with zero attached hydrogens (tertiary/aromatic N) is 5. The van der Waals surface area contributed by atoms with E-state index in [-0.39, 0.29) is 29.6 Å². The smallest absolute Gasteiger partial charge is 0.271 e. The highest BCUT2D eigenvalue weighted by atomic mass is 32.2. The predicted molar refractivity (Wildman–Crippen MR) is 129 cm³/mol. The largest absolute Gasteiger partial charge is 0.326 e. The van der Waals surface area contributed by atoms with Crippen LogP contribution in [0.15, 0.2) is 58.6 Å². The quantitative estimate of drug-likeness (QED) is 0.264. The van der Waals surface area contributed by atoms with E-state index in [1.807, 2.05) is 31.2 Å². The summed E-state index contributed by atoms with van der Waals surface area (Å²) < 4.78 is 3.19. The zero-order valence-corrected chi connectivity index (χ0v) is 19.2. The fraction of sp³-hybridized carbons (Fsp3) is 0.217. The van der Waals surface area contributed by atoms with Gasteiger partial charge in [-0.2, -0.15) is 5.10 Å². The SMILES string of the molecule is Cc1ccc(-n2ncc3c(=O)n4c(nc32)SCC4CC(=O)Nc2cc([N+](=O)[O-])ccc2C)cc1. The molecule has 11 heteroatoms. The first kappa shape index (κ1) is 21.8. The average molecular weight is 477 g/mol. The molecule has 1 unspecified atom stereocenters. The number of nitro benzene ring substituents is 1. The Kier molecular flexibility index (Phi) is 5.40. The second-order valence-electron chi connectivity index (χ2n) is 8.17. The van der Waals surface area contributed by atoms with Gasteiger partial charge in [-0.05, 0) is 31.5 Å². The molecule has 3 heterocycles. The third kappa shape index (κ3) is 3.83. The number of thioether (sulfide) groups is 1. The van der Waals surface area contributed by atoms with Gasteiger partial charge in [0.2, 0.25) is 5.91 Å². The van der Waals surface area contributed by atoms with Crippen molar-refractivity contribution in [2.45, 2.75) is 31.5 Å². The molecule has 5 rings (SSSR count). The Hall–Kier alpha value is -3.99. The lowest BCUT2D eigenvalue weighted by Crippen LogP contribution is -2.27. The molecule has 1 aliphatic rings. The lowest BCUT2D eigenvalue weighted by molar-refractivity contribution is -0.384. The van der Waals surface area contributed by atoms with Gasteiger partial charge in [0.1, 0.15) is 5.39 Å². The number of carbonyl (C=O) groups excluding carboxylic acids is 1. The number of benzene rings is 2. The summed E-state index contributed by atoms with van der Waals surface area (Å²) in [6.45, 7) is 3.76. The van der Waals surface area contributed by atoms with Crippen LogP contribution in [0.25, 0.3) is 16.7 Å². The molecule has 0 saturated carbocycles. The molecular formula is C23H20N6O4S. The van der Waals surface area contributed by atoms with Crippen molar-refractivity contribution in [2.75, 3.05) is 11.1 Å². The molecule has 1 amide bonds. The second kappa shape index (κ2) is 8.41. The number of aromatic nitrogens is 4. The highest BCUT2D eigenvalue weighted by molar-refractivity contribution is 7.99. The fourth-order valence-electron chi connectivity index (χ4n) is 3.93. The number of non-ortho nitro benzene ring substituents is 1. The topological polar surface area (TPSA) is 125 Å². The van der Waals surface area contributed by atoms with Crippen molar-refractivity contribution < 1.29 is 9.72 Å². The van der Waals surface area contributed by atoms with Crippen LogP contribution >= 0.6 is 11.8 Å². The van der Waals surface area contributed by atoms with Gasteiger partial charge in [0.25, 0.3) is 11.2 Å². The molecule has 0 fully saturated rings. The number of amides is 1. The maximum atomic E-state index is 13.3. The fourth-order valence-corrected chi connectivity index (χ4v) is 5.06. The minimum absolute atomic E-state index is 0.0430. The lowest BCUT2D eigenvalue weighted by atomic mass is 10.1. The van der Waals surface area contributed by atoms with Crippen LogP contribution < -0.4 is 10.9 Å². The van der Waals surface area contributed by atoms with Gasteiger partial charge < -0.3 is 5.32 Å². The number of fused-ring (bicyclic) bond motifs is 2. The van der Waals surface area contributed by atoms with E-state index in [0.29, 0.717) is 33.2 Å². The number of rotatable bonds is 5. The lowest BCUT2D eigenvalue weighted by Gasteiger charge is -2.14. The Morgan fingerprint density at radius 2 is 2.00 bits per heavy atom. The van der Waals surface area contributed by atoms with E-state index in [4.69, 9.17) is 0 Å². The molecular weight excluding hydrogens is 456 g/mol. The first-order chi connectivity index (χ1) is 16.3. The first-order valence-electron chi connectivity index (χ1n) is 10.6. The minimum Gasteiger partial charge on any atom is -0.326 e. The highest BCUT2D eigenvalue weighted by Crippen LogP contribution is 2.34. The van der Waals surface area contributed by atoms with Crippen molar-refractivity contribution in [3.8, 4) is 5.69 Å². The van der Waals surface area contributed by atoms with Gasteiger partial charge in [0.05, 0.1) is 28.5 Å². The Balaban J connectivity index is 1.42. The maximum absolute atomic E-state index is 13.3. The molecule has 0 spiro atoms. The van der Waals surface area contributed by atoms with E-state index in [1.54, 1.807) is 22.2 Å². The summed E-state index contributed by atoms with van der Waals surface area (Å²) in [6.07, 6.45) is 1.55. The molecule has 1 N–H and O–H groups in total. The highest BCUT2D eigenvalue weighted by Gasteiger charge is 2.30. The third-order valence-electron chi connectivity index (χ3n) is 5.78. The van der Waals surface area contributed by atoms with Crippen LogP contribution in [0.5, 0.6) is 0 Å². The first-order valence-corrected chi connectivity index (χ1v) is 11.6. The summed E-state index contributed by atoms with van der Waals surface area (Å²) >= 11 is 1.41. The van der Waals surface area contributed by atoms with Crippen LogP contribution in [-0.2, 0) is 4.79 Å². The molecule has 2 aromatic heterocycles. The molecule has 0 radical (unpaired) electrons. The Labute approximate surface area is 197 Å². The van der Waals surface area contributed by atoms with Crippen LogP contribution in [-0.4, -0.2) is 35.9 Å². The number of anilines is 1. The standard InChI is InChI=1S/C23H20N6O4S/c1-13-3-6-15(7-4-13)28-21-18(11-24-28)22(31)27-17(12-34-23(27)26-21)10-20(30)25-19-9-16(29(32)33)8-5-14(19)2/h3-9,11,17H,10,12H2,1-2H3,(H,25,30). The second-order valence-corrected chi connectivity index (χ2v) is 9.16.